The van der Waals surface area contributed by atoms with Crippen LogP contribution in [0.1, 0.15) is 41.6 Å². The van der Waals surface area contributed by atoms with Crippen LogP contribution in [0.3, 0.4) is 0 Å². The standard InChI is InChI=1S/C26H24Cl2O9/c1-11-7-16(30)20(13(9-19(31)36-4)12-5-6-15(29)14(27)8-12)24(32)26(11)25(33)21-17(34-2)10-18(35-3)22(28)23(21)37-26/h5-6,8,10-11,13,29,32H,7,9H2,1-4H3/t11-,13-,26+/m1/s1. The Labute approximate surface area is 222 Å². The number of methoxy groups -OCH3 is 3. The molecule has 196 valence electrons. The van der Waals surface area contributed by atoms with Gasteiger partial charge in [-0.1, -0.05) is 36.2 Å². The number of ether oxygens (including phenoxy) is 4. The van der Waals surface area contributed by atoms with Gasteiger partial charge in [0.15, 0.2) is 17.3 Å². The lowest BCUT2D eigenvalue weighted by Crippen LogP contribution is -2.53. The molecule has 4 rings (SSSR count). The number of Topliss-reactive ketones (excluding diaryl/α,β-unsaturated/α-hetero) is 2. The molecule has 0 radical (unpaired) electrons. The first-order valence-electron chi connectivity index (χ1n) is 11.2. The summed E-state index contributed by atoms with van der Waals surface area (Å²) in [6.45, 7) is 1.60. The molecule has 0 saturated carbocycles. The molecule has 0 aromatic heterocycles. The number of phenolic OH excluding ortho intramolecular Hbond substituents is 1. The van der Waals surface area contributed by atoms with Crippen LogP contribution in [0.15, 0.2) is 35.6 Å². The number of hydrogen-bond donors (Lipinski definition) is 2. The Morgan fingerprint density at radius 2 is 1.81 bits per heavy atom. The van der Waals surface area contributed by atoms with Crippen molar-refractivity contribution in [2.75, 3.05) is 21.3 Å². The van der Waals surface area contributed by atoms with Crippen LogP contribution >= 0.6 is 23.2 Å². The van der Waals surface area contributed by atoms with E-state index in [0.717, 1.165) is 0 Å². The number of allylic oxidation sites excluding steroid dienone is 1. The number of aliphatic hydroxyl groups is 1. The van der Waals surface area contributed by atoms with Gasteiger partial charge in [-0.3, -0.25) is 14.4 Å². The molecule has 2 N–H and O–H groups in total. The average molecular weight is 551 g/mol. The molecule has 2 aromatic carbocycles. The van der Waals surface area contributed by atoms with E-state index in [1.54, 1.807) is 6.92 Å². The molecule has 1 spiro atoms. The minimum atomic E-state index is -2.01. The highest BCUT2D eigenvalue weighted by atomic mass is 35.5. The van der Waals surface area contributed by atoms with Crippen LogP contribution in [0, 0.1) is 5.92 Å². The van der Waals surface area contributed by atoms with E-state index in [9.17, 15) is 24.6 Å². The summed E-state index contributed by atoms with van der Waals surface area (Å²) in [7, 11) is 3.93. The van der Waals surface area contributed by atoms with Crippen molar-refractivity contribution in [1.82, 2.24) is 0 Å². The molecule has 2 aliphatic rings. The summed E-state index contributed by atoms with van der Waals surface area (Å²) in [6.07, 6.45) is -0.536. The Balaban J connectivity index is 1.96. The average Bonchev–Trinajstić information content (AvgIpc) is 3.19. The SMILES string of the molecule is COC(=O)C[C@@H](C1=C(O)[C@@]2(Oc3c(Cl)c(OC)cc(OC)c3C2=O)[C@H](C)CC1=O)c1ccc(O)c(Cl)c1. The van der Waals surface area contributed by atoms with Crippen LogP contribution in [0.25, 0.3) is 0 Å². The first kappa shape index (κ1) is 26.6. The molecule has 3 atom stereocenters. The zero-order chi connectivity index (χ0) is 27.2. The van der Waals surface area contributed by atoms with Crippen LogP contribution in [-0.4, -0.2) is 54.7 Å². The van der Waals surface area contributed by atoms with Crippen molar-refractivity contribution in [3.8, 4) is 23.0 Å². The van der Waals surface area contributed by atoms with E-state index in [1.807, 2.05) is 0 Å². The van der Waals surface area contributed by atoms with Gasteiger partial charge in [-0.25, -0.2) is 0 Å². The highest BCUT2D eigenvalue weighted by Crippen LogP contribution is 2.55. The van der Waals surface area contributed by atoms with Crippen molar-refractivity contribution in [2.24, 2.45) is 5.92 Å². The summed E-state index contributed by atoms with van der Waals surface area (Å²) >= 11 is 12.6. The van der Waals surface area contributed by atoms with Crippen molar-refractivity contribution in [1.29, 1.82) is 0 Å². The van der Waals surface area contributed by atoms with Crippen LogP contribution in [-0.2, 0) is 14.3 Å². The van der Waals surface area contributed by atoms with Crippen molar-refractivity contribution < 1.29 is 43.5 Å². The molecular formula is C26H24Cl2O9. The largest absolute Gasteiger partial charge is 0.507 e. The maximum Gasteiger partial charge on any atom is 0.306 e. The summed E-state index contributed by atoms with van der Waals surface area (Å²) in [4.78, 5) is 39.7. The third kappa shape index (κ3) is 4.06. The molecular weight excluding hydrogens is 527 g/mol. The smallest absolute Gasteiger partial charge is 0.306 e. The fourth-order valence-electron chi connectivity index (χ4n) is 4.91. The van der Waals surface area contributed by atoms with E-state index in [1.165, 1.54) is 45.6 Å². The van der Waals surface area contributed by atoms with Gasteiger partial charge in [0.05, 0.1) is 32.8 Å². The molecule has 2 aromatic rings. The lowest BCUT2D eigenvalue weighted by molar-refractivity contribution is -0.140. The lowest BCUT2D eigenvalue weighted by Gasteiger charge is -2.38. The van der Waals surface area contributed by atoms with Crippen LogP contribution in [0.5, 0.6) is 23.0 Å². The molecule has 9 nitrogen and oxygen atoms in total. The number of carbonyl (C=O) groups excluding carboxylic acids is 3. The van der Waals surface area contributed by atoms with Gasteiger partial charge >= 0.3 is 5.97 Å². The van der Waals surface area contributed by atoms with Crippen molar-refractivity contribution in [2.45, 2.75) is 31.3 Å². The Bertz CT molecular complexity index is 1350. The lowest BCUT2D eigenvalue weighted by atomic mass is 9.69. The number of rotatable bonds is 6. The normalized spacial score (nSPS) is 21.5. The molecule has 1 aliphatic heterocycles. The molecule has 1 heterocycles. The Hall–Kier alpha value is -3.43. The fourth-order valence-corrected chi connectivity index (χ4v) is 5.37. The minimum absolute atomic E-state index is 0.00148. The van der Waals surface area contributed by atoms with E-state index in [2.05, 4.69) is 0 Å². The predicted octanol–water partition coefficient (Wildman–Crippen LogP) is 4.80. The molecule has 11 heteroatoms. The van der Waals surface area contributed by atoms with Gasteiger partial charge in [0.25, 0.3) is 0 Å². The van der Waals surface area contributed by atoms with Gasteiger partial charge in [-0.2, -0.15) is 0 Å². The Morgan fingerprint density at radius 3 is 2.41 bits per heavy atom. The highest BCUT2D eigenvalue weighted by molar-refractivity contribution is 6.35. The molecule has 0 saturated heterocycles. The van der Waals surface area contributed by atoms with Gasteiger partial charge in [0.1, 0.15) is 27.8 Å². The first-order valence-corrected chi connectivity index (χ1v) is 12.0. The summed E-state index contributed by atoms with van der Waals surface area (Å²) < 4.78 is 21.6. The van der Waals surface area contributed by atoms with Gasteiger partial charge < -0.3 is 29.2 Å². The van der Waals surface area contributed by atoms with Crippen molar-refractivity contribution >= 4 is 40.7 Å². The maximum absolute atomic E-state index is 14.0. The van der Waals surface area contributed by atoms with Crippen LogP contribution in [0.2, 0.25) is 10.0 Å². The second-order valence-corrected chi connectivity index (χ2v) is 9.59. The number of ketones is 2. The maximum atomic E-state index is 14.0. The van der Waals surface area contributed by atoms with Crippen molar-refractivity contribution in [3.63, 3.8) is 0 Å². The van der Waals surface area contributed by atoms with E-state index < -0.39 is 40.7 Å². The zero-order valence-electron chi connectivity index (χ0n) is 20.4. The summed E-state index contributed by atoms with van der Waals surface area (Å²) in [5, 5.41) is 21.5. The monoisotopic (exact) mass is 550 g/mol. The second-order valence-electron chi connectivity index (χ2n) is 8.80. The molecule has 1 aliphatic carbocycles. The van der Waals surface area contributed by atoms with Gasteiger partial charge in [-0.05, 0) is 17.7 Å². The van der Waals surface area contributed by atoms with Gasteiger partial charge in [-0.15, -0.1) is 0 Å². The minimum Gasteiger partial charge on any atom is -0.507 e. The Kier molecular flexibility index (Phi) is 7.05. The molecule has 37 heavy (non-hydrogen) atoms. The number of aromatic hydroxyl groups is 1. The first-order chi connectivity index (χ1) is 17.5. The zero-order valence-corrected chi connectivity index (χ0v) is 21.9. The Morgan fingerprint density at radius 1 is 1.14 bits per heavy atom. The molecule has 0 amide bonds. The molecule has 0 fully saturated rings. The highest BCUT2D eigenvalue weighted by Gasteiger charge is 2.61. The molecule has 0 bridgehead atoms. The van der Waals surface area contributed by atoms with Gasteiger partial charge in [0.2, 0.25) is 11.4 Å². The molecule has 0 unspecified atom stereocenters. The quantitative estimate of drug-likeness (QED) is 0.487. The third-order valence-electron chi connectivity index (χ3n) is 6.83. The van der Waals surface area contributed by atoms with Crippen LogP contribution in [0.4, 0.5) is 0 Å². The van der Waals surface area contributed by atoms with Crippen LogP contribution < -0.4 is 14.2 Å². The van der Waals surface area contributed by atoms with E-state index in [0.29, 0.717) is 5.56 Å². The number of esters is 1. The number of halogens is 2. The summed E-state index contributed by atoms with van der Waals surface area (Å²) in [5.74, 6) is -4.28. The summed E-state index contributed by atoms with van der Waals surface area (Å²) in [6, 6.07) is 5.57. The van der Waals surface area contributed by atoms with E-state index in [-0.39, 0.29) is 57.0 Å². The van der Waals surface area contributed by atoms with E-state index in [4.69, 9.17) is 42.1 Å². The van der Waals surface area contributed by atoms with E-state index >= 15 is 0 Å². The fraction of sp³-hybridized carbons (Fsp3) is 0.346. The number of benzene rings is 2. The number of fused-ring (bicyclic) bond motifs is 1. The summed E-state index contributed by atoms with van der Waals surface area (Å²) in [5.41, 5.74) is -1.87. The van der Waals surface area contributed by atoms with Crippen molar-refractivity contribution in [3.05, 3.63) is 56.8 Å². The number of phenols is 1. The number of aliphatic hydroxyl groups excluding tert-OH is 1. The second kappa shape index (κ2) is 9.79. The number of carbonyl (C=O) groups is 3. The predicted molar refractivity (Wildman–Crippen MR) is 133 cm³/mol. The number of hydrogen-bond acceptors (Lipinski definition) is 9. The third-order valence-corrected chi connectivity index (χ3v) is 7.49. The van der Waals surface area contributed by atoms with Gasteiger partial charge in [0, 0.05) is 29.9 Å². The topological polar surface area (TPSA) is 129 Å².